The number of nitro benzene ring substituents is 1. The molecule has 4 aliphatic rings. The quantitative estimate of drug-likeness (QED) is 0.541. The van der Waals surface area contributed by atoms with Crippen LogP contribution in [0.25, 0.3) is 0 Å². The molecule has 1 aromatic carbocycles. The minimum Gasteiger partial charge on any atom is -0.494 e. The van der Waals surface area contributed by atoms with E-state index in [-0.39, 0.29) is 17.6 Å². The lowest BCUT2D eigenvalue weighted by Crippen LogP contribution is -2.98. The normalized spacial score (nSPS) is 31.9. The lowest BCUT2D eigenvalue weighted by Gasteiger charge is -2.58. The molecule has 4 fully saturated rings. The highest BCUT2D eigenvalue weighted by Gasteiger charge is 2.54. The van der Waals surface area contributed by atoms with Gasteiger partial charge in [0.05, 0.1) is 29.8 Å². The average Bonchev–Trinajstić information content (AvgIpc) is 2.66. The number of non-ortho nitro benzene ring substituents is 1. The van der Waals surface area contributed by atoms with E-state index in [1.807, 2.05) is 6.92 Å². The van der Waals surface area contributed by atoms with Gasteiger partial charge < -0.3 is 15.4 Å². The van der Waals surface area contributed by atoms with Crippen molar-refractivity contribution in [3.8, 4) is 5.75 Å². The zero-order valence-electron chi connectivity index (χ0n) is 17.5. The van der Waals surface area contributed by atoms with Crippen LogP contribution < -0.4 is 15.4 Å². The number of rotatable bonds is 7. The second-order valence-corrected chi connectivity index (χ2v) is 9.68. The molecule has 0 saturated heterocycles. The summed E-state index contributed by atoms with van der Waals surface area (Å²) in [6, 6.07) is 4.42. The summed E-state index contributed by atoms with van der Waals surface area (Å²) in [5, 5.41) is 16.1. The summed E-state index contributed by atoms with van der Waals surface area (Å²) in [6.07, 6.45) is 8.22. The number of benzene rings is 1. The number of ether oxygens (including phenoxy) is 1. The third-order valence-corrected chi connectivity index (χ3v) is 7.70. The minimum atomic E-state index is -0.475. The number of nitrogens with one attached hydrogen (secondary N) is 1. The molecule has 7 heteroatoms. The molecule has 5 rings (SSSR count). The Labute approximate surface area is 171 Å². The standard InChI is InChI=1S/C22H31N3O4/c1-13(21(26)24-19-5-4-18(25(27)28)9-20(19)29-3)23-14(2)22-10-15-6-16(11-22)8-17(7-15)12-22/h4-5,9,13-17,23H,6-8,10-12H2,1-3H3,(H,24,26)/p+1/t13-,14+,15?,16?,17?,22?/m0/s1. The molecule has 0 spiro atoms. The maximum absolute atomic E-state index is 12.8. The van der Waals surface area contributed by atoms with Crippen LogP contribution in [0.3, 0.4) is 0 Å². The van der Waals surface area contributed by atoms with Crippen molar-refractivity contribution in [3.63, 3.8) is 0 Å². The summed E-state index contributed by atoms with van der Waals surface area (Å²) in [5.41, 5.74) is 0.787. The Balaban J connectivity index is 1.40. The number of hydrogen-bond acceptors (Lipinski definition) is 4. The molecule has 0 aromatic heterocycles. The summed E-state index contributed by atoms with van der Waals surface area (Å²) in [6.45, 7) is 4.23. The summed E-state index contributed by atoms with van der Waals surface area (Å²) in [4.78, 5) is 23.3. The van der Waals surface area contributed by atoms with Gasteiger partial charge in [-0.3, -0.25) is 14.9 Å². The Bertz CT molecular complexity index is 774. The van der Waals surface area contributed by atoms with Gasteiger partial charge in [0.15, 0.2) is 6.04 Å². The van der Waals surface area contributed by atoms with Crippen molar-refractivity contribution >= 4 is 17.3 Å². The van der Waals surface area contributed by atoms with Gasteiger partial charge in [-0.05, 0) is 76.2 Å². The van der Waals surface area contributed by atoms with Gasteiger partial charge in [0.1, 0.15) is 5.75 Å². The Morgan fingerprint density at radius 1 is 1.21 bits per heavy atom. The van der Waals surface area contributed by atoms with E-state index in [2.05, 4.69) is 17.6 Å². The number of nitrogens with two attached hydrogens (primary N) is 1. The van der Waals surface area contributed by atoms with Crippen LogP contribution in [-0.2, 0) is 4.79 Å². The number of anilines is 1. The van der Waals surface area contributed by atoms with Gasteiger partial charge in [0, 0.05) is 11.5 Å². The molecule has 29 heavy (non-hydrogen) atoms. The zero-order valence-corrected chi connectivity index (χ0v) is 17.5. The highest BCUT2D eigenvalue weighted by Crippen LogP contribution is 2.60. The van der Waals surface area contributed by atoms with Gasteiger partial charge in [-0.25, -0.2) is 0 Å². The predicted octanol–water partition coefficient (Wildman–Crippen LogP) is 3.10. The van der Waals surface area contributed by atoms with Gasteiger partial charge in [-0.2, -0.15) is 0 Å². The van der Waals surface area contributed by atoms with Crippen LogP contribution in [0.1, 0.15) is 52.4 Å². The van der Waals surface area contributed by atoms with Crippen LogP contribution >= 0.6 is 0 Å². The van der Waals surface area contributed by atoms with E-state index in [1.54, 1.807) is 0 Å². The topological polar surface area (TPSA) is 98.1 Å². The molecule has 0 heterocycles. The van der Waals surface area contributed by atoms with E-state index in [0.717, 1.165) is 17.8 Å². The molecular weight excluding hydrogens is 370 g/mol. The molecule has 7 nitrogen and oxygen atoms in total. The first-order chi connectivity index (χ1) is 13.8. The molecule has 4 aliphatic carbocycles. The fourth-order valence-corrected chi connectivity index (χ4v) is 6.60. The SMILES string of the molecule is COc1cc([N+](=O)[O-])ccc1NC(=O)[C@H](C)[NH2+][C@H](C)C12CC3CC(CC(C3)C1)C2. The Morgan fingerprint density at radius 2 is 1.79 bits per heavy atom. The van der Waals surface area contributed by atoms with E-state index in [9.17, 15) is 14.9 Å². The molecule has 0 aliphatic heterocycles. The predicted molar refractivity (Wildman–Crippen MR) is 110 cm³/mol. The van der Waals surface area contributed by atoms with Crippen molar-refractivity contribution in [2.45, 2.75) is 64.5 Å². The Morgan fingerprint density at radius 3 is 2.31 bits per heavy atom. The van der Waals surface area contributed by atoms with Crippen LogP contribution in [0.4, 0.5) is 11.4 Å². The summed E-state index contributed by atoms with van der Waals surface area (Å²) >= 11 is 0. The minimum absolute atomic E-state index is 0.0603. The summed E-state index contributed by atoms with van der Waals surface area (Å²) in [7, 11) is 1.44. The first-order valence-electron chi connectivity index (χ1n) is 10.8. The highest BCUT2D eigenvalue weighted by atomic mass is 16.6. The van der Waals surface area contributed by atoms with Crippen molar-refractivity contribution in [1.82, 2.24) is 0 Å². The molecule has 0 unspecified atom stereocenters. The lowest BCUT2D eigenvalue weighted by atomic mass is 9.48. The van der Waals surface area contributed by atoms with E-state index in [0.29, 0.717) is 22.9 Å². The molecule has 0 radical (unpaired) electrons. The summed E-state index contributed by atoms with van der Waals surface area (Å²) < 4.78 is 5.23. The molecular formula is C22H32N3O4+. The molecule has 1 amide bonds. The first-order valence-corrected chi connectivity index (χ1v) is 10.8. The van der Waals surface area contributed by atoms with Crippen molar-refractivity contribution in [2.75, 3.05) is 12.4 Å². The molecule has 2 atom stereocenters. The van der Waals surface area contributed by atoms with Crippen LogP contribution in [-0.4, -0.2) is 30.0 Å². The third kappa shape index (κ3) is 3.84. The second-order valence-electron chi connectivity index (χ2n) is 9.68. The van der Waals surface area contributed by atoms with E-state index in [4.69, 9.17) is 4.74 Å². The fourth-order valence-electron chi connectivity index (χ4n) is 6.60. The van der Waals surface area contributed by atoms with E-state index >= 15 is 0 Å². The number of carbonyl (C=O) groups is 1. The van der Waals surface area contributed by atoms with Crippen molar-refractivity contribution in [2.24, 2.45) is 23.2 Å². The lowest BCUT2D eigenvalue weighted by molar-refractivity contribution is -0.718. The maximum atomic E-state index is 12.8. The van der Waals surface area contributed by atoms with Crippen molar-refractivity contribution in [3.05, 3.63) is 28.3 Å². The molecule has 4 saturated carbocycles. The zero-order chi connectivity index (χ0) is 20.8. The second kappa shape index (κ2) is 7.59. The van der Waals surface area contributed by atoms with Gasteiger partial charge in [-0.1, -0.05) is 0 Å². The number of nitro groups is 1. The van der Waals surface area contributed by atoms with Crippen LogP contribution in [0.5, 0.6) is 5.75 Å². The van der Waals surface area contributed by atoms with Crippen LogP contribution in [0.2, 0.25) is 0 Å². The molecule has 1 aromatic rings. The van der Waals surface area contributed by atoms with E-state index < -0.39 is 4.92 Å². The highest BCUT2D eigenvalue weighted by molar-refractivity contribution is 5.95. The van der Waals surface area contributed by atoms with Gasteiger partial charge in [0.2, 0.25) is 0 Å². The molecule has 4 bridgehead atoms. The fraction of sp³-hybridized carbons (Fsp3) is 0.682. The number of nitrogens with zero attached hydrogens (tertiary/aromatic N) is 1. The monoisotopic (exact) mass is 402 g/mol. The molecule has 158 valence electrons. The number of quaternary nitrogens is 1. The van der Waals surface area contributed by atoms with Crippen LogP contribution in [0.15, 0.2) is 18.2 Å². The number of carbonyl (C=O) groups excluding carboxylic acids is 1. The Kier molecular flexibility index (Phi) is 5.27. The number of methoxy groups -OCH3 is 1. The van der Waals surface area contributed by atoms with Crippen molar-refractivity contribution < 1.29 is 19.8 Å². The maximum Gasteiger partial charge on any atom is 0.282 e. The number of hydrogen-bond donors (Lipinski definition) is 2. The molecule has 3 N–H and O–H groups in total. The van der Waals surface area contributed by atoms with E-state index in [1.165, 1.54) is 63.8 Å². The third-order valence-electron chi connectivity index (χ3n) is 7.70. The van der Waals surface area contributed by atoms with Gasteiger partial charge in [-0.15, -0.1) is 0 Å². The van der Waals surface area contributed by atoms with Gasteiger partial charge in [0.25, 0.3) is 11.6 Å². The van der Waals surface area contributed by atoms with Crippen LogP contribution in [0, 0.1) is 33.3 Å². The van der Waals surface area contributed by atoms with Crippen molar-refractivity contribution in [1.29, 1.82) is 0 Å². The smallest absolute Gasteiger partial charge is 0.282 e. The first kappa shape index (κ1) is 20.1. The Hall–Kier alpha value is -2.15. The summed E-state index contributed by atoms with van der Waals surface area (Å²) in [5.74, 6) is 2.88. The number of amides is 1. The average molecular weight is 403 g/mol. The van der Waals surface area contributed by atoms with Gasteiger partial charge >= 0.3 is 0 Å². The largest absolute Gasteiger partial charge is 0.494 e.